The summed E-state index contributed by atoms with van der Waals surface area (Å²) in [4.78, 5) is 13.3. The van der Waals surface area contributed by atoms with Gasteiger partial charge in [0.15, 0.2) is 0 Å². The molecule has 158 valence electrons. The number of carbonyl (C=O) groups excluding carboxylic acids is 1. The molecule has 1 N–H and O–H groups in total. The third-order valence-electron chi connectivity index (χ3n) is 5.06. The molecule has 7 nitrogen and oxygen atoms in total. The Kier molecular flexibility index (Phi) is 5.35. The molecule has 0 saturated carbocycles. The largest absolute Gasteiger partial charge is 0.284 e. The summed E-state index contributed by atoms with van der Waals surface area (Å²) in [6.45, 7) is 2.10. The van der Waals surface area contributed by atoms with Crippen LogP contribution in [-0.4, -0.2) is 25.5 Å². The van der Waals surface area contributed by atoms with E-state index in [9.17, 15) is 4.79 Å². The number of thiazole rings is 1. The number of hydrogen-bond acceptors (Lipinski definition) is 5. The van der Waals surface area contributed by atoms with Crippen molar-refractivity contribution in [2.24, 2.45) is 5.10 Å². The number of aryl methyl sites for hydroxylation is 1. The number of amides is 1. The van der Waals surface area contributed by atoms with Gasteiger partial charge in [-0.05, 0) is 36.8 Å². The molecule has 8 heteroatoms. The van der Waals surface area contributed by atoms with Gasteiger partial charge in [-0.15, -0.1) is 21.5 Å². The highest BCUT2D eigenvalue weighted by atomic mass is 32.1. The van der Waals surface area contributed by atoms with Gasteiger partial charge < -0.3 is 0 Å². The number of nitrogens with zero attached hydrogens (tertiary/aromatic N) is 5. The number of benzene rings is 3. The fourth-order valence-corrected chi connectivity index (χ4v) is 4.32. The zero-order valence-electron chi connectivity index (χ0n) is 17.3. The lowest BCUT2D eigenvalue weighted by Gasteiger charge is -2.09. The van der Waals surface area contributed by atoms with Crippen molar-refractivity contribution >= 4 is 28.3 Å². The van der Waals surface area contributed by atoms with Crippen LogP contribution in [0.25, 0.3) is 28.0 Å². The number of hydrogen-bond donors (Lipinski definition) is 1. The lowest BCUT2D eigenvalue weighted by Crippen LogP contribution is -2.27. The Labute approximate surface area is 188 Å². The van der Waals surface area contributed by atoms with E-state index in [1.54, 1.807) is 4.68 Å². The molecule has 1 amide bonds. The Bertz CT molecular complexity index is 1450. The van der Waals surface area contributed by atoms with Crippen molar-refractivity contribution < 1.29 is 4.79 Å². The molecule has 0 saturated heterocycles. The van der Waals surface area contributed by atoms with E-state index >= 15 is 0 Å². The number of carbonyl (C=O) groups is 1. The topological polar surface area (TPSA) is 77.1 Å². The lowest BCUT2D eigenvalue weighted by molar-refractivity contribution is -0.121. The fraction of sp³-hybridized carbons (Fsp3) is 0.0833. The average Bonchev–Trinajstić information content (AvgIpc) is 3.43. The predicted molar refractivity (Wildman–Crippen MR) is 125 cm³/mol. The summed E-state index contributed by atoms with van der Waals surface area (Å²) in [5.41, 5.74) is 8.49. The molecule has 0 fully saturated rings. The van der Waals surface area contributed by atoms with Crippen LogP contribution >= 0.6 is 11.3 Å². The van der Waals surface area contributed by atoms with E-state index in [4.69, 9.17) is 0 Å². The highest BCUT2D eigenvalue weighted by molar-refractivity contribution is 7.07. The number of rotatable bonds is 5. The molecule has 0 unspecified atom stereocenters. The van der Waals surface area contributed by atoms with Gasteiger partial charge in [0.2, 0.25) is 4.80 Å². The first-order valence-electron chi connectivity index (χ1n) is 10.1. The van der Waals surface area contributed by atoms with E-state index in [-0.39, 0.29) is 12.5 Å². The molecule has 0 aliphatic carbocycles. The third-order valence-corrected chi connectivity index (χ3v) is 5.89. The summed E-state index contributed by atoms with van der Waals surface area (Å²) in [5.74, 6) is -0.273. The Morgan fingerprint density at radius 2 is 1.75 bits per heavy atom. The van der Waals surface area contributed by atoms with Crippen molar-refractivity contribution in [2.45, 2.75) is 13.5 Å². The monoisotopic (exact) mass is 440 g/mol. The lowest BCUT2D eigenvalue weighted by atomic mass is 10.1. The van der Waals surface area contributed by atoms with Gasteiger partial charge in [-0.25, -0.2) is 10.1 Å². The number of aromatic nitrogens is 4. The maximum Gasteiger partial charge on any atom is 0.261 e. The van der Waals surface area contributed by atoms with E-state index in [0.717, 1.165) is 28.0 Å². The Morgan fingerprint density at radius 3 is 2.56 bits per heavy atom. The highest BCUT2D eigenvalue weighted by Crippen LogP contribution is 2.23. The van der Waals surface area contributed by atoms with E-state index in [0.29, 0.717) is 4.80 Å². The SMILES string of the molecule is Cc1ccc(-c2cs/c(=N\NC(=O)Cn3nnc4ccccc43)n2-c2ccccc2)cc1. The third kappa shape index (κ3) is 3.95. The van der Waals surface area contributed by atoms with Crippen LogP contribution in [0.4, 0.5) is 0 Å². The molecule has 0 bridgehead atoms. The average molecular weight is 441 g/mol. The van der Waals surface area contributed by atoms with Gasteiger partial charge in [0.05, 0.1) is 11.2 Å². The summed E-state index contributed by atoms with van der Waals surface area (Å²) in [7, 11) is 0. The molecular weight excluding hydrogens is 420 g/mol. The zero-order valence-corrected chi connectivity index (χ0v) is 18.2. The van der Waals surface area contributed by atoms with Gasteiger partial charge in [-0.1, -0.05) is 65.4 Å². The summed E-state index contributed by atoms with van der Waals surface area (Å²) in [5, 5.41) is 14.6. The summed E-state index contributed by atoms with van der Waals surface area (Å²) in [6.07, 6.45) is 0. The van der Waals surface area contributed by atoms with E-state index in [1.165, 1.54) is 16.9 Å². The summed E-state index contributed by atoms with van der Waals surface area (Å²) >= 11 is 1.47. The fourth-order valence-electron chi connectivity index (χ4n) is 3.46. The molecule has 2 heterocycles. The first kappa shape index (κ1) is 19.9. The molecule has 0 spiro atoms. The van der Waals surface area contributed by atoms with Gasteiger partial charge in [0, 0.05) is 11.1 Å². The first-order valence-corrected chi connectivity index (χ1v) is 11.0. The van der Waals surface area contributed by atoms with Crippen molar-refractivity contribution in [1.29, 1.82) is 0 Å². The highest BCUT2D eigenvalue weighted by Gasteiger charge is 2.11. The first-order chi connectivity index (χ1) is 15.7. The van der Waals surface area contributed by atoms with E-state index in [2.05, 4.69) is 52.0 Å². The number of para-hydroxylation sites is 2. The van der Waals surface area contributed by atoms with E-state index < -0.39 is 0 Å². The van der Waals surface area contributed by atoms with E-state index in [1.807, 2.05) is 64.5 Å². The van der Waals surface area contributed by atoms with Crippen molar-refractivity contribution in [1.82, 2.24) is 25.0 Å². The van der Waals surface area contributed by atoms with Gasteiger partial charge in [0.1, 0.15) is 12.1 Å². The molecule has 32 heavy (non-hydrogen) atoms. The van der Waals surface area contributed by atoms with Crippen LogP contribution in [0.3, 0.4) is 0 Å². The van der Waals surface area contributed by atoms with Crippen LogP contribution < -0.4 is 10.2 Å². The normalized spacial score (nSPS) is 11.7. The summed E-state index contributed by atoms with van der Waals surface area (Å²) in [6, 6.07) is 25.9. The molecule has 0 radical (unpaired) electrons. The van der Waals surface area contributed by atoms with Gasteiger partial charge >= 0.3 is 0 Å². The van der Waals surface area contributed by atoms with Crippen LogP contribution in [0.5, 0.6) is 0 Å². The molecular formula is C24H20N6OS. The number of fused-ring (bicyclic) bond motifs is 1. The van der Waals surface area contributed by atoms with Crippen molar-refractivity contribution in [3.05, 3.63) is 94.6 Å². The molecule has 3 aromatic carbocycles. The minimum absolute atomic E-state index is 0.0333. The molecule has 5 rings (SSSR count). The van der Waals surface area contributed by atoms with Crippen LogP contribution in [0.2, 0.25) is 0 Å². The van der Waals surface area contributed by atoms with Crippen LogP contribution in [0.15, 0.2) is 89.3 Å². The maximum atomic E-state index is 12.6. The van der Waals surface area contributed by atoms with Crippen molar-refractivity contribution in [3.63, 3.8) is 0 Å². The maximum absolute atomic E-state index is 12.6. The zero-order chi connectivity index (χ0) is 21.9. The smallest absolute Gasteiger partial charge is 0.261 e. The molecule has 5 aromatic rings. The van der Waals surface area contributed by atoms with Crippen molar-refractivity contribution in [2.75, 3.05) is 0 Å². The second kappa shape index (κ2) is 8.60. The van der Waals surface area contributed by atoms with Gasteiger partial charge in [-0.3, -0.25) is 9.36 Å². The Hall–Kier alpha value is -4.04. The second-order valence-corrected chi connectivity index (χ2v) is 8.16. The molecule has 2 aromatic heterocycles. The van der Waals surface area contributed by atoms with Gasteiger partial charge in [-0.2, -0.15) is 0 Å². The Balaban J connectivity index is 1.47. The van der Waals surface area contributed by atoms with Crippen LogP contribution in [0, 0.1) is 6.92 Å². The summed E-state index contributed by atoms with van der Waals surface area (Å²) < 4.78 is 3.61. The predicted octanol–water partition coefficient (Wildman–Crippen LogP) is 3.89. The quantitative estimate of drug-likeness (QED) is 0.421. The molecule has 0 aliphatic heterocycles. The molecule has 0 atom stereocenters. The standard InChI is InChI=1S/C24H20N6OS/c1-17-11-13-18(14-12-17)22-16-32-24(30(22)19-7-3-2-4-8-19)27-26-23(31)15-29-21-10-6-5-9-20(21)25-28-29/h2-14,16H,15H2,1H3,(H,26,31)/b27-24-. The minimum Gasteiger partial charge on any atom is -0.284 e. The number of nitrogens with one attached hydrogen (secondary N) is 1. The van der Waals surface area contributed by atoms with Crippen LogP contribution in [0.1, 0.15) is 5.56 Å². The Morgan fingerprint density at radius 1 is 1.00 bits per heavy atom. The molecule has 0 aliphatic rings. The minimum atomic E-state index is -0.273. The van der Waals surface area contributed by atoms with Gasteiger partial charge in [0.25, 0.3) is 5.91 Å². The van der Waals surface area contributed by atoms with Crippen molar-refractivity contribution in [3.8, 4) is 16.9 Å². The van der Waals surface area contributed by atoms with Crippen LogP contribution in [-0.2, 0) is 11.3 Å². The second-order valence-electron chi connectivity index (χ2n) is 7.32.